The van der Waals surface area contributed by atoms with Gasteiger partial charge in [-0.2, -0.15) is 0 Å². The van der Waals surface area contributed by atoms with Crippen molar-refractivity contribution < 1.29 is 13.2 Å². The molecule has 142 valence electrons. The summed E-state index contributed by atoms with van der Waals surface area (Å²) in [5.41, 5.74) is 2.27. The maximum absolute atomic E-state index is 12.5. The van der Waals surface area contributed by atoms with Crippen LogP contribution in [0, 0.1) is 5.92 Å². The number of rotatable bonds is 7. The van der Waals surface area contributed by atoms with Crippen molar-refractivity contribution in [3.05, 3.63) is 36.0 Å². The molecule has 0 aliphatic carbocycles. The van der Waals surface area contributed by atoms with Crippen LogP contribution in [0.1, 0.15) is 31.7 Å². The molecule has 3 rings (SSSR count). The highest BCUT2D eigenvalue weighted by atomic mass is 32.2. The predicted octanol–water partition coefficient (Wildman–Crippen LogP) is 2.28. The van der Waals surface area contributed by atoms with Gasteiger partial charge >= 0.3 is 0 Å². The Balaban J connectivity index is 1.53. The number of carbonyl (C=O) groups excluding carboxylic acids is 1. The van der Waals surface area contributed by atoms with Crippen LogP contribution in [0.5, 0.6) is 0 Å². The number of sulfonamides is 1. The van der Waals surface area contributed by atoms with Gasteiger partial charge in [-0.25, -0.2) is 12.7 Å². The summed E-state index contributed by atoms with van der Waals surface area (Å²) in [6, 6.07) is 8.10. The summed E-state index contributed by atoms with van der Waals surface area (Å²) in [5, 5.41) is 4.16. The molecule has 2 aromatic rings. The van der Waals surface area contributed by atoms with Crippen LogP contribution in [0.4, 0.5) is 0 Å². The van der Waals surface area contributed by atoms with E-state index in [0.717, 1.165) is 24.8 Å². The number of aromatic nitrogens is 1. The molecule has 1 aromatic heterocycles. The van der Waals surface area contributed by atoms with Gasteiger partial charge in [0.1, 0.15) is 0 Å². The van der Waals surface area contributed by atoms with E-state index in [4.69, 9.17) is 0 Å². The van der Waals surface area contributed by atoms with E-state index in [0.29, 0.717) is 26.1 Å². The zero-order valence-electron chi connectivity index (χ0n) is 15.2. The van der Waals surface area contributed by atoms with E-state index in [-0.39, 0.29) is 17.6 Å². The molecule has 26 heavy (non-hydrogen) atoms. The third-order valence-electron chi connectivity index (χ3n) is 4.98. The lowest BCUT2D eigenvalue weighted by atomic mass is 9.99. The quantitative estimate of drug-likeness (QED) is 0.777. The number of piperidine rings is 1. The molecule has 6 nitrogen and oxygen atoms in total. The number of fused-ring (bicyclic) bond motifs is 1. The van der Waals surface area contributed by atoms with Crippen LogP contribution >= 0.6 is 0 Å². The van der Waals surface area contributed by atoms with Gasteiger partial charge in [-0.3, -0.25) is 4.79 Å². The molecule has 1 saturated heterocycles. The standard InChI is InChI=1S/C19H27N3O3S/c1-2-12-26(24,25)22-11-5-6-16(14-22)19(23)20-10-9-15-13-21-18-8-4-3-7-17(15)18/h3-4,7-8,13,16,21H,2,5-6,9-12,14H2,1H3,(H,20,23). The molecule has 2 N–H and O–H groups in total. The number of nitrogens with one attached hydrogen (secondary N) is 2. The maximum atomic E-state index is 12.5. The SMILES string of the molecule is CCCS(=O)(=O)N1CCCC(C(=O)NCCc2c[nH]c3ccccc23)C1. The molecule has 7 heteroatoms. The lowest BCUT2D eigenvalue weighted by Crippen LogP contribution is -2.46. The fourth-order valence-corrected chi connectivity index (χ4v) is 5.19. The van der Waals surface area contributed by atoms with Gasteiger partial charge in [-0.05, 0) is 37.3 Å². The number of benzene rings is 1. The summed E-state index contributed by atoms with van der Waals surface area (Å²) < 4.78 is 26.0. The van der Waals surface area contributed by atoms with Crippen LogP contribution in [-0.2, 0) is 21.2 Å². The Morgan fingerprint density at radius 1 is 1.35 bits per heavy atom. The van der Waals surface area contributed by atoms with Crippen molar-refractivity contribution in [2.24, 2.45) is 5.92 Å². The largest absolute Gasteiger partial charge is 0.361 e. The second-order valence-corrected chi connectivity index (χ2v) is 9.00. The third kappa shape index (κ3) is 4.27. The number of carbonyl (C=O) groups is 1. The first kappa shape index (κ1) is 18.9. The minimum atomic E-state index is -3.23. The van der Waals surface area contributed by atoms with Crippen molar-refractivity contribution in [2.45, 2.75) is 32.6 Å². The summed E-state index contributed by atoms with van der Waals surface area (Å²) >= 11 is 0. The molecular weight excluding hydrogens is 350 g/mol. The Hall–Kier alpha value is -1.86. The van der Waals surface area contributed by atoms with Crippen LogP contribution in [0.25, 0.3) is 10.9 Å². The number of hydrogen-bond acceptors (Lipinski definition) is 3. The minimum absolute atomic E-state index is 0.0405. The first-order valence-electron chi connectivity index (χ1n) is 9.32. The number of aromatic amines is 1. The van der Waals surface area contributed by atoms with Gasteiger partial charge in [0.05, 0.1) is 11.7 Å². The van der Waals surface area contributed by atoms with Crippen LogP contribution in [0.15, 0.2) is 30.5 Å². The van der Waals surface area contributed by atoms with Crippen molar-refractivity contribution in [3.8, 4) is 0 Å². The van der Waals surface area contributed by atoms with Crippen LogP contribution in [-0.4, -0.2) is 49.0 Å². The Morgan fingerprint density at radius 2 is 2.15 bits per heavy atom. The van der Waals surface area contributed by atoms with Gasteiger partial charge in [0, 0.05) is 36.7 Å². The number of nitrogens with zero attached hydrogens (tertiary/aromatic N) is 1. The van der Waals surface area contributed by atoms with Crippen molar-refractivity contribution in [2.75, 3.05) is 25.4 Å². The first-order valence-corrected chi connectivity index (χ1v) is 10.9. The molecular formula is C19H27N3O3S. The van der Waals surface area contributed by atoms with E-state index in [1.54, 1.807) is 0 Å². The zero-order chi connectivity index (χ0) is 18.6. The van der Waals surface area contributed by atoms with Gasteiger partial charge in [-0.15, -0.1) is 0 Å². The minimum Gasteiger partial charge on any atom is -0.361 e. The van der Waals surface area contributed by atoms with E-state index in [9.17, 15) is 13.2 Å². The summed E-state index contributed by atoms with van der Waals surface area (Å²) in [4.78, 5) is 15.7. The fourth-order valence-electron chi connectivity index (χ4n) is 3.60. The Morgan fingerprint density at radius 3 is 2.96 bits per heavy atom. The Bertz CT molecular complexity index is 860. The average molecular weight is 378 g/mol. The fraction of sp³-hybridized carbons (Fsp3) is 0.526. The number of H-pyrrole nitrogens is 1. The van der Waals surface area contributed by atoms with Crippen LogP contribution in [0.2, 0.25) is 0 Å². The molecule has 0 saturated carbocycles. The highest BCUT2D eigenvalue weighted by Gasteiger charge is 2.31. The van der Waals surface area contributed by atoms with Crippen LogP contribution in [0.3, 0.4) is 0 Å². The van der Waals surface area contributed by atoms with E-state index in [1.165, 1.54) is 15.3 Å². The number of para-hydroxylation sites is 1. The van der Waals surface area contributed by atoms with Crippen molar-refractivity contribution in [1.29, 1.82) is 0 Å². The van der Waals surface area contributed by atoms with E-state index in [1.807, 2.05) is 31.3 Å². The van der Waals surface area contributed by atoms with Gasteiger partial charge in [0.15, 0.2) is 0 Å². The highest BCUT2D eigenvalue weighted by Crippen LogP contribution is 2.21. The molecule has 2 heterocycles. The molecule has 1 atom stereocenters. The highest BCUT2D eigenvalue weighted by molar-refractivity contribution is 7.89. The van der Waals surface area contributed by atoms with Crippen molar-refractivity contribution >= 4 is 26.8 Å². The second kappa shape index (κ2) is 8.22. The number of hydrogen-bond donors (Lipinski definition) is 2. The van der Waals surface area contributed by atoms with Gasteiger partial charge in [0.25, 0.3) is 0 Å². The zero-order valence-corrected chi connectivity index (χ0v) is 16.0. The Kier molecular flexibility index (Phi) is 5.98. The molecule has 0 bridgehead atoms. The lowest BCUT2D eigenvalue weighted by molar-refractivity contribution is -0.126. The Labute approximate surface area is 155 Å². The summed E-state index contributed by atoms with van der Waals surface area (Å²) in [6.45, 7) is 3.25. The van der Waals surface area contributed by atoms with E-state index in [2.05, 4.69) is 16.4 Å². The topological polar surface area (TPSA) is 82.3 Å². The van der Waals surface area contributed by atoms with Crippen molar-refractivity contribution in [3.63, 3.8) is 0 Å². The van der Waals surface area contributed by atoms with Gasteiger partial charge in [0.2, 0.25) is 15.9 Å². The second-order valence-electron chi connectivity index (χ2n) is 6.91. The molecule has 1 amide bonds. The summed E-state index contributed by atoms with van der Waals surface area (Å²) in [5.74, 6) is -0.137. The molecule has 1 aliphatic rings. The monoisotopic (exact) mass is 377 g/mol. The average Bonchev–Trinajstić information content (AvgIpc) is 3.05. The normalized spacial score (nSPS) is 18.9. The van der Waals surface area contributed by atoms with Crippen LogP contribution < -0.4 is 5.32 Å². The van der Waals surface area contributed by atoms with Gasteiger partial charge < -0.3 is 10.3 Å². The van der Waals surface area contributed by atoms with E-state index < -0.39 is 10.0 Å². The molecule has 1 aliphatic heterocycles. The molecule has 0 spiro atoms. The lowest BCUT2D eigenvalue weighted by Gasteiger charge is -2.31. The van der Waals surface area contributed by atoms with Crippen molar-refractivity contribution in [1.82, 2.24) is 14.6 Å². The summed E-state index contributed by atoms with van der Waals surface area (Å²) in [6.07, 6.45) is 4.82. The molecule has 0 radical (unpaired) electrons. The first-order chi connectivity index (χ1) is 12.5. The molecule has 1 aromatic carbocycles. The molecule has 1 fully saturated rings. The smallest absolute Gasteiger partial charge is 0.224 e. The maximum Gasteiger partial charge on any atom is 0.224 e. The third-order valence-corrected chi connectivity index (χ3v) is 7.02. The number of amides is 1. The predicted molar refractivity (Wildman–Crippen MR) is 103 cm³/mol. The molecule has 1 unspecified atom stereocenters. The van der Waals surface area contributed by atoms with E-state index >= 15 is 0 Å². The summed E-state index contributed by atoms with van der Waals surface area (Å²) in [7, 11) is -3.23. The van der Waals surface area contributed by atoms with Gasteiger partial charge in [-0.1, -0.05) is 25.1 Å².